The highest BCUT2D eigenvalue weighted by atomic mass is 32.1. The fourth-order valence-corrected chi connectivity index (χ4v) is 3.01. The van der Waals surface area contributed by atoms with Crippen LogP contribution in [0.1, 0.15) is 17.3 Å². The average Bonchev–Trinajstić information content (AvgIpc) is 2.96. The second-order valence-electron chi connectivity index (χ2n) is 4.76. The van der Waals surface area contributed by atoms with E-state index in [2.05, 4.69) is 10.3 Å². The van der Waals surface area contributed by atoms with Gasteiger partial charge in [0.1, 0.15) is 11.5 Å². The number of aromatic nitrogens is 1. The number of fused-ring (bicyclic) bond motifs is 1. The molecule has 1 aromatic heterocycles. The number of hydrogen-bond donors (Lipinski definition) is 1. The topological polar surface area (TPSA) is 60.5 Å². The van der Waals surface area contributed by atoms with Gasteiger partial charge in [0.2, 0.25) is 0 Å². The van der Waals surface area contributed by atoms with Crippen LogP contribution in [-0.4, -0.2) is 24.6 Å². The Hall–Kier alpha value is -2.60. The molecule has 3 aromatic rings. The number of carbonyl (C=O) groups is 1. The number of thiazole rings is 1. The second-order valence-corrected chi connectivity index (χ2v) is 5.79. The molecule has 0 fully saturated rings. The third-order valence-corrected chi connectivity index (χ3v) is 4.18. The zero-order chi connectivity index (χ0) is 16.2. The number of rotatable bonds is 5. The van der Waals surface area contributed by atoms with E-state index >= 15 is 0 Å². The van der Waals surface area contributed by atoms with E-state index in [1.807, 2.05) is 25.1 Å². The first-order chi connectivity index (χ1) is 11.2. The molecule has 1 N–H and O–H groups in total. The lowest BCUT2D eigenvalue weighted by Crippen LogP contribution is -2.11. The minimum absolute atomic E-state index is 0.195. The van der Waals surface area contributed by atoms with Gasteiger partial charge < -0.3 is 9.47 Å². The summed E-state index contributed by atoms with van der Waals surface area (Å²) in [5.74, 6) is 1.32. The van der Waals surface area contributed by atoms with Gasteiger partial charge in [-0.25, -0.2) is 4.98 Å². The third kappa shape index (κ3) is 3.43. The number of nitrogens with zero attached hydrogens (tertiary/aromatic N) is 1. The lowest BCUT2D eigenvalue weighted by atomic mass is 10.2. The summed E-state index contributed by atoms with van der Waals surface area (Å²) in [7, 11) is 1.62. The normalized spacial score (nSPS) is 10.5. The van der Waals surface area contributed by atoms with Crippen LogP contribution in [0.25, 0.3) is 10.2 Å². The molecular weight excluding hydrogens is 312 g/mol. The average molecular weight is 328 g/mol. The molecule has 0 radical (unpaired) electrons. The highest BCUT2D eigenvalue weighted by Gasteiger charge is 2.10. The predicted octanol–water partition coefficient (Wildman–Crippen LogP) is 3.96. The molecule has 1 amide bonds. The molecule has 0 atom stereocenters. The van der Waals surface area contributed by atoms with Crippen molar-refractivity contribution in [3.8, 4) is 11.5 Å². The van der Waals surface area contributed by atoms with Gasteiger partial charge in [0.25, 0.3) is 5.91 Å². The van der Waals surface area contributed by atoms with Gasteiger partial charge in [-0.2, -0.15) is 0 Å². The maximum absolute atomic E-state index is 12.3. The maximum atomic E-state index is 12.3. The first-order valence-electron chi connectivity index (χ1n) is 7.18. The number of benzene rings is 2. The van der Waals surface area contributed by atoms with Crippen LogP contribution in [0.15, 0.2) is 42.5 Å². The van der Waals surface area contributed by atoms with Crippen molar-refractivity contribution in [2.24, 2.45) is 0 Å². The molecule has 0 saturated heterocycles. The summed E-state index contributed by atoms with van der Waals surface area (Å²) < 4.78 is 11.5. The number of carbonyl (C=O) groups excluding carboxylic acids is 1. The van der Waals surface area contributed by atoms with Crippen LogP contribution in [0.3, 0.4) is 0 Å². The summed E-state index contributed by atoms with van der Waals surface area (Å²) in [5.41, 5.74) is 1.39. The van der Waals surface area contributed by atoms with Crippen LogP contribution < -0.4 is 14.8 Å². The first-order valence-corrected chi connectivity index (χ1v) is 8.00. The fraction of sp³-hybridized carbons (Fsp3) is 0.176. The Labute approximate surface area is 137 Å². The van der Waals surface area contributed by atoms with Gasteiger partial charge in [0.05, 0.1) is 23.9 Å². The van der Waals surface area contributed by atoms with Crippen molar-refractivity contribution in [1.82, 2.24) is 4.98 Å². The molecule has 23 heavy (non-hydrogen) atoms. The van der Waals surface area contributed by atoms with Crippen LogP contribution in [-0.2, 0) is 0 Å². The van der Waals surface area contributed by atoms with Crippen molar-refractivity contribution in [3.05, 3.63) is 48.0 Å². The number of methoxy groups -OCH3 is 1. The number of anilines is 1. The molecule has 0 aliphatic rings. The molecule has 118 valence electrons. The Kier molecular flexibility index (Phi) is 4.43. The molecule has 0 spiro atoms. The quantitative estimate of drug-likeness (QED) is 0.770. The predicted molar refractivity (Wildman–Crippen MR) is 91.7 cm³/mol. The van der Waals surface area contributed by atoms with Crippen molar-refractivity contribution in [2.75, 3.05) is 19.0 Å². The van der Waals surface area contributed by atoms with E-state index in [9.17, 15) is 4.79 Å². The van der Waals surface area contributed by atoms with Crippen molar-refractivity contribution < 1.29 is 14.3 Å². The van der Waals surface area contributed by atoms with Crippen LogP contribution in [0.2, 0.25) is 0 Å². The molecule has 5 nitrogen and oxygen atoms in total. The van der Waals surface area contributed by atoms with Gasteiger partial charge >= 0.3 is 0 Å². The van der Waals surface area contributed by atoms with Gasteiger partial charge in [0.15, 0.2) is 5.13 Å². The van der Waals surface area contributed by atoms with Gasteiger partial charge in [-0.3, -0.25) is 10.1 Å². The summed E-state index contributed by atoms with van der Waals surface area (Å²) in [6.45, 7) is 2.52. The maximum Gasteiger partial charge on any atom is 0.257 e. The van der Waals surface area contributed by atoms with Crippen LogP contribution in [0, 0.1) is 0 Å². The Balaban J connectivity index is 1.76. The minimum Gasteiger partial charge on any atom is -0.497 e. The Morgan fingerprint density at radius 2 is 1.91 bits per heavy atom. The standard InChI is InChI=1S/C17H16N2O3S/c1-3-22-12-6-4-11(5-7-12)16(20)19-17-18-14-9-8-13(21-2)10-15(14)23-17/h4-10H,3H2,1-2H3,(H,18,19,20). The van der Waals surface area contributed by atoms with Crippen LogP contribution in [0.5, 0.6) is 11.5 Å². The molecule has 0 aliphatic carbocycles. The lowest BCUT2D eigenvalue weighted by molar-refractivity contribution is 0.102. The fourth-order valence-electron chi connectivity index (χ4n) is 2.12. The highest BCUT2D eigenvalue weighted by molar-refractivity contribution is 7.22. The van der Waals surface area contributed by atoms with E-state index in [0.29, 0.717) is 17.3 Å². The number of ether oxygens (including phenoxy) is 2. The van der Waals surface area contributed by atoms with E-state index < -0.39 is 0 Å². The molecule has 0 unspecified atom stereocenters. The van der Waals surface area contributed by atoms with E-state index in [-0.39, 0.29) is 5.91 Å². The zero-order valence-corrected chi connectivity index (χ0v) is 13.6. The molecule has 1 heterocycles. The molecule has 0 bridgehead atoms. The van der Waals surface area contributed by atoms with Gasteiger partial charge in [-0.05, 0) is 49.4 Å². The molecule has 0 saturated carbocycles. The highest BCUT2D eigenvalue weighted by Crippen LogP contribution is 2.29. The largest absolute Gasteiger partial charge is 0.497 e. The van der Waals surface area contributed by atoms with Gasteiger partial charge in [-0.1, -0.05) is 11.3 Å². The summed E-state index contributed by atoms with van der Waals surface area (Å²) in [6, 6.07) is 12.6. The van der Waals surface area contributed by atoms with Gasteiger partial charge in [-0.15, -0.1) is 0 Å². The molecule has 3 rings (SSSR count). The van der Waals surface area contributed by atoms with Gasteiger partial charge in [0, 0.05) is 5.56 Å². The van der Waals surface area contributed by atoms with E-state index in [1.165, 1.54) is 11.3 Å². The number of nitrogens with one attached hydrogen (secondary N) is 1. The summed E-state index contributed by atoms with van der Waals surface area (Å²) >= 11 is 1.41. The Morgan fingerprint density at radius 1 is 1.17 bits per heavy atom. The number of amides is 1. The monoisotopic (exact) mass is 328 g/mol. The molecule has 2 aromatic carbocycles. The van der Waals surface area contributed by atoms with Crippen LogP contribution in [0.4, 0.5) is 5.13 Å². The van der Waals surface area contributed by atoms with E-state index in [0.717, 1.165) is 21.7 Å². The van der Waals surface area contributed by atoms with Crippen molar-refractivity contribution in [3.63, 3.8) is 0 Å². The van der Waals surface area contributed by atoms with Crippen molar-refractivity contribution in [1.29, 1.82) is 0 Å². The smallest absolute Gasteiger partial charge is 0.257 e. The number of hydrogen-bond acceptors (Lipinski definition) is 5. The SMILES string of the molecule is CCOc1ccc(C(=O)Nc2nc3ccc(OC)cc3s2)cc1. The Bertz CT molecular complexity index is 827. The lowest BCUT2D eigenvalue weighted by Gasteiger charge is -2.04. The minimum atomic E-state index is -0.195. The zero-order valence-electron chi connectivity index (χ0n) is 12.8. The molecular formula is C17H16N2O3S. The van der Waals surface area contributed by atoms with Crippen molar-refractivity contribution >= 4 is 32.6 Å². The van der Waals surface area contributed by atoms with Crippen molar-refractivity contribution in [2.45, 2.75) is 6.92 Å². The molecule has 6 heteroatoms. The van der Waals surface area contributed by atoms with E-state index in [1.54, 1.807) is 31.4 Å². The second kappa shape index (κ2) is 6.66. The van der Waals surface area contributed by atoms with E-state index in [4.69, 9.17) is 9.47 Å². The molecule has 0 aliphatic heterocycles. The summed E-state index contributed by atoms with van der Waals surface area (Å²) in [4.78, 5) is 16.7. The Morgan fingerprint density at radius 3 is 2.61 bits per heavy atom. The first kappa shape index (κ1) is 15.3. The third-order valence-electron chi connectivity index (χ3n) is 3.24. The summed E-state index contributed by atoms with van der Waals surface area (Å²) in [5, 5.41) is 3.39. The van der Waals surface area contributed by atoms with Crippen LogP contribution >= 0.6 is 11.3 Å². The summed E-state index contributed by atoms with van der Waals surface area (Å²) in [6.07, 6.45) is 0.